The second kappa shape index (κ2) is 11.4. The van der Waals surface area contributed by atoms with E-state index in [1.165, 1.54) is 31.0 Å². The van der Waals surface area contributed by atoms with Crippen LogP contribution >= 0.6 is 23.4 Å². The number of carbonyl (C=O) groups excluding carboxylic acids is 2. The van der Waals surface area contributed by atoms with Crippen LogP contribution in [-0.4, -0.2) is 46.9 Å². The summed E-state index contributed by atoms with van der Waals surface area (Å²) in [4.78, 5) is 39.6. The Kier molecular flexibility index (Phi) is 8.88. The molecule has 30 heavy (non-hydrogen) atoms. The minimum absolute atomic E-state index is 0.0485. The van der Waals surface area contributed by atoms with Crippen molar-refractivity contribution in [3.8, 4) is 5.88 Å². The van der Waals surface area contributed by atoms with Crippen molar-refractivity contribution in [3.63, 3.8) is 0 Å². The highest BCUT2D eigenvalue weighted by Gasteiger charge is 2.23. The van der Waals surface area contributed by atoms with Gasteiger partial charge in [-0.3, -0.25) is 19.7 Å². The van der Waals surface area contributed by atoms with Gasteiger partial charge in [0, 0.05) is 30.4 Å². The van der Waals surface area contributed by atoms with Crippen LogP contribution in [0.3, 0.4) is 0 Å². The van der Waals surface area contributed by atoms with E-state index in [1.807, 2.05) is 6.26 Å². The summed E-state index contributed by atoms with van der Waals surface area (Å²) >= 11 is 7.32. The molecule has 0 fully saturated rings. The minimum Gasteiger partial charge on any atom is -0.481 e. The summed E-state index contributed by atoms with van der Waals surface area (Å²) in [7, 11) is 1.51. The number of thioether (sulfide) groups is 1. The molecule has 1 heterocycles. The third kappa shape index (κ3) is 6.60. The standard InChI is InChI=1S/C19H21ClN4O5S/c1-29-17-6-3-12(10-21-17)11-22-19(26)15(7-8-30-2)23-18(25)13-4-5-14(20)16(9-13)24(27)28/h3-6,9-10,15H,7-8,11H2,1-2H3,(H,22,26)(H,23,25). The van der Waals surface area contributed by atoms with Gasteiger partial charge in [-0.2, -0.15) is 11.8 Å². The van der Waals surface area contributed by atoms with Gasteiger partial charge in [-0.1, -0.05) is 17.7 Å². The first kappa shape index (κ1) is 23.4. The van der Waals surface area contributed by atoms with Gasteiger partial charge < -0.3 is 15.4 Å². The fraction of sp³-hybridized carbons (Fsp3) is 0.316. The van der Waals surface area contributed by atoms with Crippen LogP contribution in [-0.2, 0) is 11.3 Å². The van der Waals surface area contributed by atoms with E-state index in [0.29, 0.717) is 18.1 Å². The number of aromatic nitrogens is 1. The number of nitrogens with zero attached hydrogens (tertiary/aromatic N) is 2. The molecule has 1 unspecified atom stereocenters. The summed E-state index contributed by atoms with van der Waals surface area (Å²) in [6.07, 6.45) is 3.87. The maximum atomic E-state index is 12.6. The number of nitrogens with one attached hydrogen (secondary N) is 2. The van der Waals surface area contributed by atoms with Crippen LogP contribution in [0.15, 0.2) is 36.5 Å². The molecule has 11 heteroatoms. The van der Waals surface area contributed by atoms with Gasteiger partial charge in [0.15, 0.2) is 0 Å². The molecule has 0 saturated carbocycles. The molecule has 0 bridgehead atoms. The van der Waals surface area contributed by atoms with Crippen LogP contribution in [0.5, 0.6) is 5.88 Å². The summed E-state index contributed by atoms with van der Waals surface area (Å²) in [5, 5.41) is 16.4. The molecule has 0 spiro atoms. The fourth-order valence-corrected chi connectivity index (χ4v) is 3.15. The molecule has 1 aromatic carbocycles. The number of hydrogen-bond donors (Lipinski definition) is 2. The zero-order valence-electron chi connectivity index (χ0n) is 16.4. The quantitative estimate of drug-likeness (QED) is 0.419. The van der Waals surface area contributed by atoms with Crippen molar-refractivity contribution in [3.05, 3.63) is 62.8 Å². The molecule has 2 rings (SSSR count). The number of carbonyl (C=O) groups is 2. The lowest BCUT2D eigenvalue weighted by Gasteiger charge is -2.18. The summed E-state index contributed by atoms with van der Waals surface area (Å²) in [5.41, 5.74) is 0.446. The third-order valence-electron chi connectivity index (χ3n) is 4.11. The van der Waals surface area contributed by atoms with Crippen molar-refractivity contribution in [2.24, 2.45) is 0 Å². The molecule has 0 aliphatic heterocycles. The van der Waals surface area contributed by atoms with Gasteiger partial charge in [-0.25, -0.2) is 4.98 Å². The number of methoxy groups -OCH3 is 1. The number of pyridine rings is 1. The first-order valence-corrected chi connectivity index (χ1v) is 10.6. The molecule has 0 saturated heterocycles. The Morgan fingerprint density at radius 3 is 2.70 bits per heavy atom. The van der Waals surface area contributed by atoms with E-state index in [0.717, 1.165) is 11.6 Å². The topological polar surface area (TPSA) is 123 Å². The molecule has 0 aliphatic carbocycles. The molecule has 0 aliphatic rings. The number of amides is 2. The van der Waals surface area contributed by atoms with Gasteiger partial charge in [0.25, 0.3) is 11.6 Å². The molecule has 1 aromatic heterocycles. The smallest absolute Gasteiger partial charge is 0.288 e. The number of hydrogen-bond acceptors (Lipinski definition) is 7. The highest BCUT2D eigenvalue weighted by Crippen LogP contribution is 2.25. The van der Waals surface area contributed by atoms with E-state index in [-0.39, 0.29) is 28.7 Å². The first-order valence-electron chi connectivity index (χ1n) is 8.86. The third-order valence-corrected chi connectivity index (χ3v) is 5.07. The monoisotopic (exact) mass is 452 g/mol. The van der Waals surface area contributed by atoms with Crippen LogP contribution in [0.1, 0.15) is 22.3 Å². The Balaban J connectivity index is 2.06. The second-order valence-corrected chi connectivity index (χ2v) is 7.55. The molecule has 160 valence electrons. The molecule has 1 atom stereocenters. The number of benzene rings is 1. The van der Waals surface area contributed by atoms with Gasteiger partial charge in [-0.05, 0) is 36.1 Å². The fourth-order valence-electron chi connectivity index (χ4n) is 2.49. The molecular formula is C19H21ClN4O5S. The Labute approximate surface area is 182 Å². The maximum Gasteiger partial charge on any atom is 0.288 e. The summed E-state index contributed by atoms with van der Waals surface area (Å²) in [6, 6.07) is 6.39. The number of nitro groups is 1. The molecule has 2 aromatic rings. The lowest BCUT2D eigenvalue weighted by molar-refractivity contribution is -0.384. The van der Waals surface area contributed by atoms with Crippen LogP contribution in [0.2, 0.25) is 5.02 Å². The maximum absolute atomic E-state index is 12.6. The Morgan fingerprint density at radius 2 is 2.10 bits per heavy atom. The Morgan fingerprint density at radius 1 is 1.33 bits per heavy atom. The average molecular weight is 453 g/mol. The van der Waals surface area contributed by atoms with Crippen molar-refractivity contribution < 1.29 is 19.2 Å². The van der Waals surface area contributed by atoms with E-state index < -0.39 is 16.9 Å². The predicted molar refractivity (Wildman–Crippen MR) is 115 cm³/mol. The van der Waals surface area contributed by atoms with E-state index in [4.69, 9.17) is 16.3 Å². The first-order chi connectivity index (χ1) is 14.3. The minimum atomic E-state index is -0.800. The van der Waals surface area contributed by atoms with E-state index >= 15 is 0 Å². The lowest BCUT2D eigenvalue weighted by atomic mass is 10.1. The summed E-state index contributed by atoms with van der Waals surface area (Å²) in [6.45, 7) is 0.230. The normalized spacial score (nSPS) is 11.4. The van der Waals surface area contributed by atoms with Crippen LogP contribution in [0, 0.1) is 10.1 Å². The number of ether oxygens (including phenoxy) is 1. The molecule has 0 radical (unpaired) electrons. The van der Waals surface area contributed by atoms with Crippen molar-refractivity contribution in [1.82, 2.24) is 15.6 Å². The van der Waals surface area contributed by atoms with Crippen LogP contribution < -0.4 is 15.4 Å². The highest BCUT2D eigenvalue weighted by molar-refractivity contribution is 7.98. The molecular weight excluding hydrogens is 432 g/mol. The Bertz CT molecular complexity index is 910. The molecule has 2 N–H and O–H groups in total. The summed E-state index contributed by atoms with van der Waals surface area (Å²) in [5.74, 6) is 0.148. The number of nitro benzene ring substituents is 1. The lowest BCUT2D eigenvalue weighted by Crippen LogP contribution is -2.46. The Hall–Kier alpha value is -2.85. The average Bonchev–Trinajstić information content (AvgIpc) is 2.75. The van der Waals surface area contributed by atoms with E-state index in [2.05, 4.69) is 15.6 Å². The number of halogens is 1. The van der Waals surface area contributed by atoms with E-state index in [9.17, 15) is 19.7 Å². The van der Waals surface area contributed by atoms with Crippen molar-refractivity contribution in [2.75, 3.05) is 19.1 Å². The van der Waals surface area contributed by atoms with Crippen molar-refractivity contribution in [1.29, 1.82) is 0 Å². The zero-order valence-corrected chi connectivity index (χ0v) is 18.0. The van der Waals surface area contributed by atoms with E-state index in [1.54, 1.807) is 18.3 Å². The van der Waals surface area contributed by atoms with Crippen LogP contribution in [0.25, 0.3) is 0 Å². The summed E-state index contributed by atoms with van der Waals surface area (Å²) < 4.78 is 4.99. The van der Waals surface area contributed by atoms with Crippen LogP contribution in [0.4, 0.5) is 5.69 Å². The molecule has 9 nitrogen and oxygen atoms in total. The predicted octanol–water partition coefficient (Wildman–Crippen LogP) is 2.82. The van der Waals surface area contributed by atoms with Gasteiger partial charge in [0.05, 0.1) is 12.0 Å². The van der Waals surface area contributed by atoms with Gasteiger partial charge in [0.1, 0.15) is 11.1 Å². The SMILES string of the molecule is COc1ccc(CNC(=O)C(CCSC)NC(=O)c2ccc(Cl)c([N+](=O)[O-])c2)cn1. The van der Waals surface area contributed by atoms with Gasteiger partial charge in [-0.15, -0.1) is 0 Å². The van der Waals surface area contributed by atoms with Gasteiger partial charge in [0.2, 0.25) is 11.8 Å². The largest absolute Gasteiger partial charge is 0.481 e. The zero-order chi connectivity index (χ0) is 22.1. The highest BCUT2D eigenvalue weighted by atomic mass is 35.5. The molecule has 2 amide bonds. The number of rotatable bonds is 10. The van der Waals surface area contributed by atoms with Crippen molar-refractivity contribution >= 4 is 40.9 Å². The van der Waals surface area contributed by atoms with Crippen molar-refractivity contribution in [2.45, 2.75) is 19.0 Å². The van der Waals surface area contributed by atoms with Gasteiger partial charge >= 0.3 is 0 Å². The second-order valence-electron chi connectivity index (χ2n) is 6.16.